The Kier molecular flexibility index (Phi) is 2.11. The quantitative estimate of drug-likeness (QED) is 0.568. The Bertz CT molecular complexity index is 656. The van der Waals surface area contributed by atoms with Crippen LogP contribution in [0.3, 0.4) is 0 Å². The van der Waals surface area contributed by atoms with E-state index >= 15 is 0 Å². The smallest absolute Gasteiger partial charge is 0.251 e. The molecule has 1 atom stereocenters. The van der Waals surface area contributed by atoms with Gasteiger partial charge in [0.05, 0.1) is 17.6 Å². The lowest BCUT2D eigenvalue weighted by Crippen LogP contribution is -2.60. The molecule has 0 bridgehead atoms. The maximum absolute atomic E-state index is 12.4. The van der Waals surface area contributed by atoms with Crippen LogP contribution in [0.4, 0.5) is 11.4 Å². The van der Waals surface area contributed by atoms with Gasteiger partial charge in [-0.05, 0) is 25.5 Å². The number of piperidine rings is 1. The summed E-state index contributed by atoms with van der Waals surface area (Å²) in [5.41, 5.74) is 2.03. The summed E-state index contributed by atoms with van der Waals surface area (Å²) in [4.78, 5) is 19.7. The van der Waals surface area contributed by atoms with Crippen molar-refractivity contribution in [2.75, 3.05) is 23.7 Å². The highest BCUT2D eigenvalue weighted by Gasteiger charge is 2.43. The summed E-state index contributed by atoms with van der Waals surface area (Å²) < 4.78 is 0. The van der Waals surface area contributed by atoms with Crippen molar-refractivity contribution in [1.82, 2.24) is 15.3 Å². The first-order valence-corrected chi connectivity index (χ1v) is 6.55. The third kappa shape index (κ3) is 1.46. The number of nitrogens with one attached hydrogen (secondary N) is 4. The molecular formula is C13H15N5O. The number of rotatable bonds is 0. The number of hydrogen-bond acceptors (Lipinski definition) is 4. The molecule has 1 spiro atoms. The highest BCUT2D eigenvalue weighted by atomic mass is 16.2. The molecule has 1 unspecified atom stereocenters. The predicted octanol–water partition coefficient (Wildman–Crippen LogP) is 1.05. The van der Waals surface area contributed by atoms with Gasteiger partial charge in [-0.25, -0.2) is 4.98 Å². The number of amides is 1. The molecule has 6 heteroatoms. The number of carbonyl (C=O) groups excluding carboxylic acids is 1. The second-order valence-corrected chi connectivity index (χ2v) is 5.23. The van der Waals surface area contributed by atoms with Gasteiger partial charge in [-0.3, -0.25) is 4.79 Å². The minimum absolute atomic E-state index is 0.0314. The van der Waals surface area contributed by atoms with Crippen LogP contribution < -0.4 is 16.0 Å². The van der Waals surface area contributed by atoms with E-state index in [9.17, 15) is 4.79 Å². The van der Waals surface area contributed by atoms with E-state index in [1.54, 1.807) is 6.20 Å². The Labute approximate surface area is 110 Å². The van der Waals surface area contributed by atoms with Gasteiger partial charge in [-0.15, -0.1) is 0 Å². The van der Waals surface area contributed by atoms with Gasteiger partial charge in [0.25, 0.3) is 5.91 Å². The zero-order valence-corrected chi connectivity index (χ0v) is 10.4. The zero-order chi connectivity index (χ0) is 12.9. The average molecular weight is 257 g/mol. The maximum Gasteiger partial charge on any atom is 0.251 e. The van der Waals surface area contributed by atoms with Crippen molar-refractivity contribution in [3.05, 3.63) is 18.5 Å². The topological polar surface area (TPSA) is 81.8 Å². The van der Waals surface area contributed by atoms with Crippen molar-refractivity contribution in [3.8, 4) is 0 Å². The van der Waals surface area contributed by atoms with Gasteiger partial charge in [0.1, 0.15) is 11.2 Å². The lowest BCUT2D eigenvalue weighted by atomic mass is 9.87. The number of pyridine rings is 1. The van der Waals surface area contributed by atoms with Crippen LogP contribution in [0.2, 0.25) is 0 Å². The molecule has 2 aromatic rings. The van der Waals surface area contributed by atoms with Crippen molar-refractivity contribution in [1.29, 1.82) is 0 Å². The summed E-state index contributed by atoms with van der Waals surface area (Å²) >= 11 is 0. The second kappa shape index (κ2) is 3.71. The molecule has 2 aliphatic rings. The van der Waals surface area contributed by atoms with Crippen LogP contribution >= 0.6 is 0 Å². The largest absolute Gasteiger partial charge is 0.368 e. The third-order valence-electron chi connectivity index (χ3n) is 4.02. The predicted molar refractivity (Wildman–Crippen MR) is 73.2 cm³/mol. The van der Waals surface area contributed by atoms with Crippen molar-refractivity contribution < 1.29 is 4.79 Å². The van der Waals surface area contributed by atoms with E-state index in [0.717, 1.165) is 41.8 Å². The Hall–Kier alpha value is -2.08. The van der Waals surface area contributed by atoms with Crippen LogP contribution in [0.5, 0.6) is 0 Å². The molecule has 4 rings (SSSR count). The number of hydrogen-bond donors (Lipinski definition) is 4. The number of anilines is 2. The lowest BCUT2D eigenvalue weighted by molar-refractivity contribution is -0.121. The first-order valence-electron chi connectivity index (χ1n) is 6.55. The fourth-order valence-electron chi connectivity index (χ4n) is 2.98. The van der Waals surface area contributed by atoms with Crippen LogP contribution in [0, 0.1) is 0 Å². The van der Waals surface area contributed by atoms with E-state index in [-0.39, 0.29) is 5.91 Å². The van der Waals surface area contributed by atoms with E-state index in [0.29, 0.717) is 6.54 Å². The minimum atomic E-state index is -0.531. The molecular weight excluding hydrogens is 242 g/mol. The number of H-pyrrole nitrogens is 1. The highest BCUT2D eigenvalue weighted by Crippen LogP contribution is 2.37. The normalized spacial score (nSPS) is 26.0. The number of carbonyl (C=O) groups is 1. The summed E-state index contributed by atoms with van der Waals surface area (Å²) in [6.45, 7) is 1.63. The number of fused-ring (bicyclic) bond motifs is 3. The maximum atomic E-state index is 12.4. The third-order valence-corrected chi connectivity index (χ3v) is 4.02. The molecule has 4 heterocycles. The molecule has 1 amide bonds. The molecule has 1 saturated heterocycles. The number of nitrogens with zero attached hydrogens (tertiary/aromatic N) is 1. The van der Waals surface area contributed by atoms with Crippen molar-refractivity contribution in [2.24, 2.45) is 0 Å². The molecule has 0 aliphatic carbocycles. The van der Waals surface area contributed by atoms with Gasteiger partial charge in [0.15, 0.2) is 0 Å². The Morgan fingerprint density at radius 1 is 1.37 bits per heavy atom. The summed E-state index contributed by atoms with van der Waals surface area (Å²) in [7, 11) is 0. The van der Waals surface area contributed by atoms with Crippen LogP contribution in [-0.2, 0) is 4.79 Å². The summed E-state index contributed by atoms with van der Waals surface area (Å²) in [5.74, 6) is 0.0314. The van der Waals surface area contributed by atoms with Crippen molar-refractivity contribution in [3.63, 3.8) is 0 Å². The molecule has 1 fully saturated rings. The Morgan fingerprint density at radius 3 is 3.16 bits per heavy atom. The van der Waals surface area contributed by atoms with Gasteiger partial charge in [-0.1, -0.05) is 0 Å². The molecule has 4 N–H and O–H groups in total. The first kappa shape index (κ1) is 10.8. The van der Waals surface area contributed by atoms with Gasteiger partial charge in [0, 0.05) is 18.1 Å². The van der Waals surface area contributed by atoms with Crippen molar-refractivity contribution in [2.45, 2.75) is 18.4 Å². The van der Waals surface area contributed by atoms with Gasteiger partial charge < -0.3 is 20.9 Å². The van der Waals surface area contributed by atoms with Crippen LogP contribution in [0.1, 0.15) is 12.8 Å². The van der Waals surface area contributed by atoms with Crippen LogP contribution in [-0.4, -0.2) is 34.5 Å². The molecule has 6 nitrogen and oxygen atoms in total. The van der Waals surface area contributed by atoms with E-state index < -0.39 is 5.54 Å². The average Bonchev–Trinajstić information content (AvgIpc) is 2.90. The Balaban J connectivity index is 1.86. The Morgan fingerprint density at radius 2 is 2.32 bits per heavy atom. The van der Waals surface area contributed by atoms with E-state index in [4.69, 9.17) is 0 Å². The van der Waals surface area contributed by atoms with E-state index in [1.165, 1.54) is 0 Å². The van der Waals surface area contributed by atoms with E-state index in [1.807, 2.05) is 12.3 Å². The van der Waals surface area contributed by atoms with Crippen LogP contribution in [0.15, 0.2) is 18.5 Å². The molecule has 0 saturated carbocycles. The molecule has 98 valence electrons. The lowest BCUT2D eigenvalue weighted by Gasteiger charge is -2.41. The summed E-state index contributed by atoms with van der Waals surface area (Å²) in [6, 6.07) is 1.98. The van der Waals surface area contributed by atoms with Gasteiger partial charge in [-0.2, -0.15) is 0 Å². The first-order chi connectivity index (χ1) is 9.28. The molecule has 0 radical (unpaired) electrons. The molecule has 2 aliphatic heterocycles. The standard InChI is InChI=1S/C13H15N5O/c19-12-13(3-1-4-14-7-13)18-10-8-2-5-15-11(8)16-6-9(10)17-12/h2,5-6,14,18H,1,3-4,7H2,(H,15,16)(H,17,19). The SMILES string of the molecule is O=C1Nc2cnc3[nH]ccc3c2NC12CCCNC2. The van der Waals surface area contributed by atoms with Gasteiger partial charge >= 0.3 is 0 Å². The summed E-state index contributed by atoms with van der Waals surface area (Å²) in [5, 5.41) is 10.8. The fraction of sp³-hybridized carbons (Fsp3) is 0.385. The monoisotopic (exact) mass is 257 g/mol. The highest BCUT2D eigenvalue weighted by molar-refractivity contribution is 6.11. The number of aromatic amines is 1. The summed E-state index contributed by atoms with van der Waals surface area (Å²) in [6.07, 6.45) is 5.40. The second-order valence-electron chi connectivity index (χ2n) is 5.23. The van der Waals surface area contributed by atoms with E-state index in [2.05, 4.69) is 25.9 Å². The zero-order valence-electron chi connectivity index (χ0n) is 10.4. The van der Waals surface area contributed by atoms with Gasteiger partial charge in [0.2, 0.25) is 0 Å². The molecule has 0 aromatic carbocycles. The fourth-order valence-corrected chi connectivity index (χ4v) is 2.98. The molecule has 2 aromatic heterocycles. The van der Waals surface area contributed by atoms with Crippen LogP contribution in [0.25, 0.3) is 11.0 Å². The molecule has 19 heavy (non-hydrogen) atoms. The van der Waals surface area contributed by atoms with Crippen molar-refractivity contribution >= 4 is 28.3 Å². The number of aromatic nitrogens is 2. The minimum Gasteiger partial charge on any atom is -0.368 e.